The van der Waals surface area contributed by atoms with Gasteiger partial charge in [-0.1, -0.05) is 17.7 Å². The molecule has 2 aromatic rings. The van der Waals surface area contributed by atoms with E-state index in [0.29, 0.717) is 29.4 Å². The van der Waals surface area contributed by atoms with Crippen LogP contribution in [0.1, 0.15) is 31.2 Å². The Balaban J connectivity index is 1.49. The number of anilines is 3. The molecule has 0 atom stereocenters. The number of hydrazone groups is 1. The van der Waals surface area contributed by atoms with E-state index < -0.39 is 0 Å². The topological polar surface area (TPSA) is 82.1 Å². The molecule has 1 fully saturated rings. The number of nitrogens with one attached hydrogen (secondary N) is 1. The Hall–Kier alpha value is -3.19. The van der Waals surface area contributed by atoms with Crippen molar-refractivity contribution in [3.63, 3.8) is 0 Å². The SMILES string of the molecule is Cc1ccc(N2N=C(C(=O)Nc3ccc(N4CCCC4=O)cc3)CCC2=O)cc1Cl. The Morgan fingerprint density at radius 1 is 1.00 bits per heavy atom. The molecule has 3 amide bonds. The van der Waals surface area contributed by atoms with Gasteiger partial charge in [0.1, 0.15) is 5.71 Å². The minimum atomic E-state index is -0.365. The first kappa shape index (κ1) is 20.1. The van der Waals surface area contributed by atoms with Gasteiger partial charge in [0, 0.05) is 42.2 Å². The lowest BCUT2D eigenvalue weighted by Crippen LogP contribution is -2.36. The molecule has 2 aromatic carbocycles. The van der Waals surface area contributed by atoms with Crippen LogP contribution in [-0.2, 0) is 14.4 Å². The number of halogens is 1. The van der Waals surface area contributed by atoms with Crippen LogP contribution >= 0.6 is 11.6 Å². The average molecular weight is 425 g/mol. The van der Waals surface area contributed by atoms with Crippen molar-refractivity contribution in [2.45, 2.75) is 32.6 Å². The molecule has 7 nitrogen and oxygen atoms in total. The normalized spacial score (nSPS) is 16.7. The molecule has 1 N–H and O–H groups in total. The van der Waals surface area contributed by atoms with Gasteiger partial charge in [-0.05, 0) is 55.3 Å². The first-order valence-electron chi connectivity index (χ1n) is 9.81. The van der Waals surface area contributed by atoms with Crippen molar-refractivity contribution < 1.29 is 14.4 Å². The van der Waals surface area contributed by atoms with Gasteiger partial charge >= 0.3 is 0 Å². The lowest BCUT2D eigenvalue weighted by atomic mass is 10.1. The third-order valence-electron chi connectivity index (χ3n) is 5.20. The van der Waals surface area contributed by atoms with Gasteiger partial charge in [-0.2, -0.15) is 5.10 Å². The third-order valence-corrected chi connectivity index (χ3v) is 5.61. The summed E-state index contributed by atoms with van der Waals surface area (Å²) in [6.45, 7) is 2.59. The zero-order chi connectivity index (χ0) is 21.3. The highest BCUT2D eigenvalue weighted by Gasteiger charge is 2.26. The van der Waals surface area contributed by atoms with Gasteiger partial charge in [0.15, 0.2) is 0 Å². The smallest absolute Gasteiger partial charge is 0.271 e. The number of hydrogen-bond acceptors (Lipinski definition) is 4. The van der Waals surface area contributed by atoms with Crippen molar-refractivity contribution in [2.24, 2.45) is 5.10 Å². The largest absolute Gasteiger partial charge is 0.321 e. The van der Waals surface area contributed by atoms with Crippen LogP contribution in [0.15, 0.2) is 47.6 Å². The van der Waals surface area contributed by atoms with E-state index in [2.05, 4.69) is 10.4 Å². The Kier molecular flexibility index (Phi) is 5.55. The van der Waals surface area contributed by atoms with Crippen LogP contribution in [0, 0.1) is 6.92 Å². The Morgan fingerprint density at radius 2 is 1.73 bits per heavy atom. The van der Waals surface area contributed by atoms with E-state index >= 15 is 0 Å². The van der Waals surface area contributed by atoms with Crippen molar-refractivity contribution in [1.82, 2.24) is 0 Å². The molecule has 1 saturated heterocycles. The Labute approximate surface area is 179 Å². The number of rotatable bonds is 4. The van der Waals surface area contributed by atoms with Crippen molar-refractivity contribution in [1.29, 1.82) is 0 Å². The molecular formula is C22H21ClN4O3. The molecule has 0 saturated carbocycles. The monoisotopic (exact) mass is 424 g/mol. The van der Waals surface area contributed by atoms with Crippen molar-refractivity contribution in [3.8, 4) is 0 Å². The quantitative estimate of drug-likeness (QED) is 0.808. The molecule has 0 aromatic heterocycles. The van der Waals surface area contributed by atoms with E-state index in [4.69, 9.17) is 11.6 Å². The molecule has 8 heteroatoms. The maximum Gasteiger partial charge on any atom is 0.271 e. The van der Waals surface area contributed by atoms with Gasteiger partial charge < -0.3 is 10.2 Å². The highest BCUT2D eigenvalue weighted by atomic mass is 35.5. The highest BCUT2D eigenvalue weighted by molar-refractivity contribution is 6.44. The van der Waals surface area contributed by atoms with Crippen LogP contribution in [0.5, 0.6) is 0 Å². The van der Waals surface area contributed by atoms with Gasteiger partial charge in [0.25, 0.3) is 5.91 Å². The summed E-state index contributed by atoms with van der Waals surface area (Å²) < 4.78 is 0. The fourth-order valence-corrected chi connectivity index (χ4v) is 3.66. The molecule has 0 spiro atoms. The number of nitrogens with zero attached hydrogens (tertiary/aromatic N) is 3. The van der Waals surface area contributed by atoms with Gasteiger partial charge in [-0.15, -0.1) is 0 Å². The minimum Gasteiger partial charge on any atom is -0.321 e. The van der Waals surface area contributed by atoms with E-state index in [-0.39, 0.29) is 36.3 Å². The number of aryl methyl sites for hydroxylation is 1. The van der Waals surface area contributed by atoms with E-state index in [0.717, 1.165) is 17.7 Å². The standard InChI is InChI=1S/C22H21ClN4O3/c1-14-4-7-17(13-18(14)23)27-21(29)11-10-19(25-27)22(30)24-15-5-8-16(9-6-15)26-12-2-3-20(26)28/h4-9,13H,2-3,10-12H2,1H3,(H,24,30). The predicted octanol–water partition coefficient (Wildman–Crippen LogP) is 3.90. The van der Waals surface area contributed by atoms with Crippen molar-refractivity contribution in [3.05, 3.63) is 53.1 Å². The summed E-state index contributed by atoms with van der Waals surface area (Å²) in [6, 6.07) is 12.4. The van der Waals surface area contributed by atoms with Crippen LogP contribution < -0.4 is 15.2 Å². The molecular weight excluding hydrogens is 404 g/mol. The van der Waals surface area contributed by atoms with Crippen LogP contribution in [0.2, 0.25) is 5.02 Å². The Bertz CT molecular complexity index is 1050. The van der Waals surface area contributed by atoms with E-state index in [1.54, 1.807) is 29.2 Å². The summed E-state index contributed by atoms with van der Waals surface area (Å²) in [5, 5.41) is 8.84. The zero-order valence-corrected chi connectivity index (χ0v) is 17.3. The molecule has 0 aliphatic carbocycles. The lowest BCUT2D eigenvalue weighted by molar-refractivity contribution is -0.119. The maximum absolute atomic E-state index is 12.7. The third kappa shape index (κ3) is 4.07. The average Bonchev–Trinajstić information content (AvgIpc) is 3.17. The summed E-state index contributed by atoms with van der Waals surface area (Å²) >= 11 is 6.17. The lowest BCUT2D eigenvalue weighted by Gasteiger charge is -2.23. The van der Waals surface area contributed by atoms with E-state index in [9.17, 15) is 14.4 Å². The van der Waals surface area contributed by atoms with Gasteiger partial charge in [0.05, 0.1) is 5.69 Å². The van der Waals surface area contributed by atoms with Crippen LogP contribution in [-0.4, -0.2) is 30.0 Å². The second kappa shape index (κ2) is 8.28. The highest BCUT2D eigenvalue weighted by Crippen LogP contribution is 2.27. The van der Waals surface area contributed by atoms with Gasteiger partial charge in [-0.3, -0.25) is 14.4 Å². The summed E-state index contributed by atoms with van der Waals surface area (Å²) in [5.74, 6) is -0.439. The fraction of sp³-hybridized carbons (Fsp3) is 0.273. The maximum atomic E-state index is 12.7. The zero-order valence-electron chi connectivity index (χ0n) is 16.5. The van der Waals surface area contributed by atoms with Crippen molar-refractivity contribution in [2.75, 3.05) is 21.8 Å². The summed E-state index contributed by atoms with van der Waals surface area (Å²) in [6.07, 6.45) is 1.88. The van der Waals surface area contributed by atoms with Crippen LogP contribution in [0.4, 0.5) is 17.1 Å². The number of hydrogen-bond donors (Lipinski definition) is 1. The summed E-state index contributed by atoms with van der Waals surface area (Å²) in [5.41, 5.74) is 3.11. The van der Waals surface area contributed by atoms with E-state index in [1.165, 1.54) is 5.01 Å². The second-order valence-electron chi connectivity index (χ2n) is 7.34. The summed E-state index contributed by atoms with van der Waals surface area (Å²) in [4.78, 5) is 38.6. The summed E-state index contributed by atoms with van der Waals surface area (Å²) in [7, 11) is 0. The molecule has 2 heterocycles. The molecule has 0 unspecified atom stereocenters. The molecule has 154 valence electrons. The van der Waals surface area contributed by atoms with Gasteiger partial charge in [0.2, 0.25) is 11.8 Å². The number of amides is 3. The molecule has 0 bridgehead atoms. The molecule has 2 aliphatic rings. The first-order valence-corrected chi connectivity index (χ1v) is 10.2. The van der Waals surface area contributed by atoms with E-state index in [1.807, 2.05) is 25.1 Å². The van der Waals surface area contributed by atoms with Crippen molar-refractivity contribution >= 4 is 52.1 Å². The molecule has 30 heavy (non-hydrogen) atoms. The second-order valence-corrected chi connectivity index (χ2v) is 7.74. The number of carbonyl (C=O) groups is 3. The Morgan fingerprint density at radius 3 is 2.40 bits per heavy atom. The number of benzene rings is 2. The van der Waals surface area contributed by atoms with Crippen LogP contribution in [0.3, 0.4) is 0 Å². The predicted molar refractivity (Wildman–Crippen MR) is 117 cm³/mol. The molecule has 0 radical (unpaired) electrons. The first-order chi connectivity index (χ1) is 14.4. The fourth-order valence-electron chi connectivity index (χ4n) is 3.48. The van der Waals surface area contributed by atoms with Crippen LogP contribution in [0.25, 0.3) is 0 Å². The molecule has 4 rings (SSSR count). The van der Waals surface area contributed by atoms with Gasteiger partial charge in [-0.25, -0.2) is 5.01 Å². The minimum absolute atomic E-state index is 0.115. The number of carbonyl (C=O) groups excluding carboxylic acids is 3. The molecule has 2 aliphatic heterocycles.